The molecule has 0 aliphatic heterocycles. The number of sulfonamides is 1. The van der Waals surface area contributed by atoms with E-state index in [-0.39, 0.29) is 29.1 Å². The summed E-state index contributed by atoms with van der Waals surface area (Å²) in [6, 6.07) is 30.4. The van der Waals surface area contributed by atoms with Gasteiger partial charge in [0.1, 0.15) is 24.1 Å². The lowest BCUT2D eigenvalue weighted by Gasteiger charge is -2.32. The number of amides is 2. The smallest absolute Gasteiger partial charge is 0.264 e. The highest BCUT2D eigenvalue weighted by Crippen LogP contribution is 2.28. The number of carbonyl (C=O) groups is 2. The standard InChI is InChI=1S/C34H37N3O5S/c1-25(2)35-34(39)27(4)36(23-28-17-15-26(3)16-18-28)33(38)24-37(43(40,41)32-13-9-6-10-14-32)29-19-21-31(22-20-29)42-30-11-7-5-8-12-30/h5-22,25,27H,23-24H2,1-4H3,(H,35,39). The van der Waals surface area contributed by atoms with E-state index in [1.807, 2.05) is 75.4 Å². The van der Waals surface area contributed by atoms with Crippen molar-refractivity contribution in [3.05, 3.63) is 120 Å². The van der Waals surface area contributed by atoms with Crippen LogP contribution < -0.4 is 14.4 Å². The van der Waals surface area contributed by atoms with Crippen molar-refractivity contribution in [3.8, 4) is 11.5 Å². The minimum absolute atomic E-state index is 0.0445. The van der Waals surface area contributed by atoms with E-state index < -0.39 is 28.5 Å². The van der Waals surface area contributed by atoms with Crippen LogP contribution in [0.25, 0.3) is 0 Å². The molecule has 1 unspecified atom stereocenters. The number of para-hydroxylation sites is 1. The van der Waals surface area contributed by atoms with E-state index >= 15 is 0 Å². The number of hydrogen-bond donors (Lipinski definition) is 1. The van der Waals surface area contributed by atoms with Crippen molar-refractivity contribution in [2.75, 3.05) is 10.8 Å². The van der Waals surface area contributed by atoms with Crippen LogP contribution in [0.5, 0.6) is 11.5 Å². The largest absolute Gasteiger partial charge is 0.457 e. The molecule has 0 radical (unpaired) electrons. The fraction of sp³-hybridized carbons (Fsp3) is 0.235. The first-order chi connectivity index (χ1) is 20.5. The summed E-state index contributed by atoms with van der Waals surface area (Å²) in [6.45, 7) is 6.92. The normalized spacial score (nSPS) is 11.9. The maximum Gasteiger partial charge on any atom is 0.264 e. The summed E-state index contributed by atoms with van der Waals surface area (Å²) in [5.74, 6) is 0.310. The maximum absolute atomic E-state index is 14.0. The van der Waals surface area contributed by atoms with E-state index in [1.54, 1.807) is 49.4 Å². The predicted molar refractivity (Wildman–Crippen MR) is 168 cm³/mol. The molecule has 0 spiro atoms. The molecule has 0 aliphatic rings. The van der Waals surface area contributed by atoms with Crippen molar-refractivity contribution in [2.24, 2.45) is 0 Å². The van der Waals surface area contributed by atoms with Gasteiger partial charge in [-0.1, -0.05) is 66.2 Å². The van der Waals surface area contributed by atoms with Gasteiger partial charge in [0.2, 0.25) is 11.8 Å². The summed E-state index contributed by atoms with van der Waals surface area (Å²) < 4.78 is 34.9. The predicted octanol–water partition coefficient (Wildman–Crippen LogP) is 5.92. The number of anilines is 1. The summed E-state index contributed by atoms with van der Waals surface area (Å²) in [7, 11) is -4.15. The Morgan fingerprint density at radius 2 is 1.33 bits per heavy atom. The lowest BCUT2D eigenvalue weighted by molar-refractivity contribution is -0.139. The van der Waals surface area contributed by atoms with Crippen LogP contribution in [0.15, 0.2) is 114 Å². The summed E-state index contributed by atoms with van der Waals surface area (Å²) >= 11 is 0. The Morgan fingerprint density at radius 3 is 1.91 bits per heavy atom. The summed E-state index contributed by atoms with van der Waals surface area (Å²) in [6.07, 6.45) is 0. The van der Waals surface area contributed by atoms with Gasteiger partial charge in [0.25, 0.3) is 10.0 Å². The molecular weight excluding hydrogens is 562 g/mol. The SMILES string of the molecule is Cc1ccc(CN(C(=O)CN(c2ccc(Oc3ccccc3)cc2)S(=O)(=O)c2ccccc2)C(C)C(=O)NC(C)C)cc1. The number of carbonyl (C=O) groups excluding carboxylic acids is 2. The third kappa shape index (κ3) is 8.23. The number of ether oxygens (including phenoxy) is 1. The van der Waals surface area contributed by atoms with Gasteiger partial charge in [0.15, 0.2) is 0 Å². The van der Waals surface area contributed by atoms with Crippen LogP contribution in [0, 0.1) is 6.92 Å². The highest BCUT2D eigenvalue weighted by molar-refractivity contribution is 7.92. The van der Waals surface area contributed by atoms with Gasteiger partial charge in [0, 0.05) is 12.6 Å². The van der Waals surface area contributed by atoms with Gasteiger partial charge < -0.3 is 15.0 Å². The van der Waals surface area contributed by atoms with Gasteiger partial charge in [-0.25, -0.2) is 8.42 Å². The maximum atomic E-state index is 14.0. The molecule has 0 fully saturated rings. The van der Waals surface area contributed by atoms with Crippen LogP contribution in [0.1, 0.15) is 31.9 Å². The van der Waals surface area contributed by atoms with Crippen LogP contribution in [0.3, 0.4) is 0 Å². The Hall–Kier alpha value is -4.63. The molecule has 4 aromatic rings. The zero-order chi connectivity index (χ0) is 31.0. The first kappa shape index (κ1) is 31.3. The van der Waals surface area contributed by atoms with Crippen molar-refractivity contribution in [2.45, 2.75) is 51.2 Å². The van der Waals surface area contributed by atoms with Crippen LogP contribution in [0.2, 0.25) is 0 Å². The number of nitrogens with one attached hydrogen (secondary N) is 1. The fourth-order valence-electron chi connectivity index (χ4n) is 4.43. The van der Waals surface area contributed by atoms with Gasteiger partial charge in [0.05, 0.1) is 10.6 Å². The number of rotatable bonds is 12. The molecule has 4 aromatic carbocycles. The summed E-state index contributed by atoms with van der Waals surface area (Å²) in [5, 5.41) is 2.86. The molecular formula is C34H37N3O5S. The monoisotopic (exact) mass is 599 g/mol. The van der Waals surface area contributed by atoms with Gasteiger partial charge in [-0.15, -0.1) is 0 Å². The quantitative estimate of drug-likeness (QED) is 0.218. The van der Waals surface area contributed by atoms with Crippen LogP contribution in [0.4, 0.5) is 5.69 Å². The third-order valence-electron chi connectivity index (χ3n) is 6.79. The number of hydrogen-bond acceptors (Lipinski definition) is 5. The number of benzene rings is 4. The minimum Gasteiger partial charge on any atom is -0.457 e. The summed E-state index contributed by atoms with van der Waals surface area (Å²) in [4.78, 5) is 28.5. The van der Waals surface area contributed by atoms with Crippen molar-refractivity contribution in [1.82, 2.24) is 10.2 Å². The molecule has 0 saturated heterocycles. The van der Waals surface area contributed by atoms with Gasteiger partial charge in [-0.3, -0.25) is 13.9 Å². The molecule has 0 saturated carbocycles. The van der Waals surface area contributed by atoms with Crippen molar-refractivity contribution < 1.29 is 22.7 Å². The zero-order valence-electron chi connectivity index (χ0n) is 24.8. The molecule has 2 amide bonds. The van der Waals surface area contributed by atoms with E-state index in [9.17, 15) is 18.0 Å². The zero-order valence-corrected chi connectivity index (χ0v) is 25.6. The molecule has 1 atom stereocenters. The molecule has 1 N–H and O–H groups in total. The lowest BCUT2D eigenvalue weighted by Crippen LogP contribution is -2.52. The highest BCUT2D eigenvalue weighted by atomic mass is 32.2. The molecule has 4 rings (SSSR count). The number of aryl methyl sites for hydroxylation is 1. The first-order valence-electron chi connectivity index (χ1n) is 14.1. The molecule has 224 valence electrons. The highest BCUT2D eigenvalue weighted by Gasteiger charge is 2.32. The first-order valence-corrected chi connectivity index (χ1v) is 15.5. The van der Waals surface area contributed by atoms with Crippen LogP contribution in [-0.4, -0.2) is 43.8 Å². The lowest BCUT2D eigenvalue weighted by atomic mass is 10.1. The van der Waals surface area contributed by atoms with E-state index in [0.29, 0.717) is 11.5 Å². The van der Waals surface area contributed by atoms with E-state index in [0.717, 1.165) is 15.4 Å². The molecule has 0 bridgehead atoms. The van der Waals surface area contributed by atoms with Gasteiger partial charge in [-0.2, -0.15) is 0 Å². The molecule has 9 heteroatoms. The topological polar surface area (TPSA) is 96.0 Å². The molecule has 43 heavy (non-hydrogen) atoms. The molecule has 8 nitrogen and oxygen atoms in total. The fourth-order valence-corrected chi connectivity index (χ4v) is 5.87. The Labute approximate surface area is 254 Å². The van der Waals surface area contributed by atoms with Gasteiger partial charge in [-0.05, 0) is 81.8 Å². The molecule has 0 aliphatic carbocycles. The number of nitrogens with zero attached hydrogens (tertiary/aromatic N) is 2. The second-order valence-electron chi connectivity index (χ2n) is 10.6. The summed E-state index contributed by atoms with van der Waals surface area (Å²) in [5.41, 5.74) is 2.17. The van der Waals surface area contributed by atoms with Crippen molar-refractivity contribution >= 4 is 27.5 Å². The van der Waals surface area contributed by atoms with E-state index in [1.165, 1.54) is 17.0 Å². The molecule has 0 heterocycles. The Morgan fingerprint density at radius 1 is 0.767 bits per heavy atom. The third-order valence-corrected chi connectivity index (χ3v) is 8.57. The average molecular weight is 600 g/mol. The van der Waals surface area contributed by atoms with Crippen molar-refractivity contribution in [3.63, 3.8) is 0 Å². The van der Waals surface area contributed by atoms with Crippen molar-refractivity contribution in [1.29, 1.82) is 0 Å². The van der Waals surface area contributed by atoms with Crippen LogP contribution >= 0.6 is 0 Å². The molecule has 0 aromatic heterocycles. The Balaban J connectivity index is 1.69. The van der Waals surface area contributed by atoms with E-state index in [2.05, 4.69) is 5.32 Å². The van der Waals surface area contributed by atoms with E-state index in [4.69, 9.17) is 4.74 Å². The Bertz CT molecular complexity index is 1610. The van der Waals surface area contributed by atoms with Crippen LogP contribution in [-0.2, 0) is 26.2 Å². The minimum atomic E-state index is -4.15. The second kappa shape index (κ2) is 14.0. The Kier molecular flexibility index (Phi) is 10.2. The van der Waals surface area contributed by atoms with Gasteiger partial charge >= 0.3 is 0 Å². The second-order valence-corrected chi connectivity index (χ2v) is 12.4. The average Bonchev–Trinajstić information content (AvgIpc) is 3.00.